The van der Waals surface area contributed by atoms with Crippen LogP contribution in [0.2, 0.25) is 0 Å². The number of ether oxygens (including phenoxy) is 1. The first kappa shape index (κ1) is 21.1. The van der Waals surface area contributed by atoms with E-state index in [1.165, 1.54) is 32.1 Å². The van der Waals surface area contributed by atoms with Crippen LogP contribution < -0.4 is 21.1 Å². The topological polar surface area (TPSA) is 88.7 Å². The molecule has 2 rings (SSSR count). The SMILES string of the molecule is CN=C(NCc1cccc(OCC(N)=O)c1)NC(C)C(C)C1CCCCC1. The predicted molar refractivity (Wildman–Crippen MR) is 110 cm³/mol. The van der Waals surface area contributed by atoms with Crippen LogP contribution in [0.15, 0.2) is 29.3 Å². The summed E-state index contributed by atoms with van der Waals surface area (Å²) in [5.74, 6) is 2.38. The highest BCUT2D eigenvalue weighted by molar-refractivity contribution is 5.80. The summed E-state index contributed by atoms with van der Waals surface area (Å²) in [5, 5.41) is 6.89. The van der Waals surface area contributed by atoms with Gasteiger partial charge in [0, 0.05) is 19.6 Å². The van der Waals surface area contributed by atoms with Gasteiger partial charge in [-0.05, 0) is 36.5 Å². The summed E-state index contributed by atoms with van der Waals surface area (Å²) in [6.07, 6.45) is 6.80. The molecule has 0 saturated heterocycles. The van der Waals surface area contributed by atoms with Crippen LogP contribution in [-0.2, 0) is 11.3 Å². The summed E-state index contributed by atoms with van der Waals surface area (Å²) in [6, 6.07) is 7.98. The van der Waals surface area contributed by atoms with Gasteiger partial charge in [0.15, 0.2) is 12.6 Å². The number of nitrogens with two attached hydrogens (primary N) is 1. The van der Waals surface area contributed by atoms with Crippen LogP contribution in [0.25, 0.3) is 0 Å². The first-order valence-electron chi connectivity index (χ1n) is 9.96. The van der Waals surface area contributed by atoms with Crippen molar-refractivity contribution in [2.75, 3.05) is 13.7 Å². The van der Waals surface area contributed by atoms with Crippen molar-refractivity contribution in [3.8, 4) is 5.75 Å². The molecule has 1 aromatic carbocycles. The number of aliphatic imine (C=N–C) groups is 1. The number of amides is 1. The Morgan fingerprint density at radius 2 is 2.04 bits per heavy atom. The highest BCUT2D eigenvalue weighted by Gasteiger charge is 2.24. The van der Waals surface area contributed by atoms with E-state index in [0.29, 0.717) is 24.3 Å². The van der Waals surface area contributed by atoms with Crippen molar-refractivity contribution in [3.63, 3.8) is 0 Å². The summed E-state index contributed by atoms with van der Waals surface area (Å²) in [4.78, 5) is 15.2. The average Bonchev–Trinajstić information content (AvgIpc) is 2.69. The molecule has 0 bridgehead atoms. The fourth-order valence-electron chi connectivity index (χ4n) is 3.70. The van der Waals surface area contributed by atoms with Gasteiger partial charge in [0.05, 0.1) is 0 Å². The van der Waals surface area contributed by atoms with E-state index in [1.54, 1.807) is 7.05 Å². The van der Waals surface area contributed by atoms with Gasteiger partial charge < -0.3 is 21.1 Å². The summed E-state index contributed by atoms with van der Waals surface area (Å²) in [7, 11) is 1.79. The molecule has 1 amide bonds. The number of guanidine groups is 1. The fraction of sp³-hybridized carbons (Fsp3) is 0.619. The van der Waals surface area contributed by atoms with Gasteiger partial charge in [-0.2, -0.15) is 0 Å². The van der Waals surface area contributed by atoms with Crippen molar-refractivity contribution in [2.24, 2.45) is 22.6 Å². The molecular weight excluding hydrogens is 340 g/mol. The van der Waals surface area contributed by atoms with Gasteiger partial charge in [-0.1, -0.05) is 51.2 Å². The molecule has 0 heterocycles. The molecule has 0 radical (unpaired) electrons. The van der Waals surface area contributed by atoms with E-state index in [2.05, 4.69) is 29.5 Å². The lowest BCUT2D eigenvalue weighted by atomic mass is 9.78. The second kappa shape index (κ2) is 10.8. The molecular formula is C21H34N4O2. The van der Waals surface area contributed by atoms with Crippen LogP contribution in [0.5, 0.6) is 5.75 Å². The first-order chi connectivity index (χ1) is 13.0. The molecule has 2 unspecified atom stereocenters. The number of carbonyl (C=O) groups is 1. The second-order valence-electron chi connectivity index (χ2n) is 7.52. The summed E-state index contributed by atoms with van der Waals surface area (Å²) >= 11 is 0. The highest BCUT2D eigenvalue weighted by atomic mass is 16.5. The maximum atomic E-state index is 10.8. The van der Waals surface area contributed by atoms with Crippen LogP contribution in [0.1, 0.15) is 51.5 Å². The van der Waals surface area contributed by atoms with E-state index < -0.39 is 5.91 Å². The molecule has 4 N–H and O–H groups in total. The van der Waals surface area contributed by atoms with Crippen LogP contribution in [-0.4, -0.2) is 31.6 Å². The Bertz CT molecular complexity index is 626. The predicted octanol–water partition coefficient (Wildman–Crippen LogP) is 2.82. The van der Waals surface area contributed by atoms with Crippen LogP contribution in [0, 0.1) is 11.8 Å². The van der Waals surface area contributed by atoms with Crippen molar-refractivity contribution in [3.05, 3.63) is 29.8 Å². The third kappa shape index (κ3) is 7.12. The van der Waals surface area contributed by atoms with Crippen LogP contribution in [0.3, 0.4) is 0 Å². The molecule has 1 fully saturated rings. The van der Waals surface area contributed by atoms with Crippen molar-refractivity contribution < 1.29 is 9.53 Å². The zero-order chi connectivity index (χ0) is 19.6. The quantitative estimate of drug-likeness (QED) is 0.482. The van der Waals surface area contributed by atoms with E-state index in [0.717, 1.165) is 17.4 Å². The molecule has 6 heteroatoms. The van der Waals surface area contributed by atoms with Gasteiger partial charge >= 0.3 is 0 Å². The zero-order valence-corrected chi connectivity index (χ0v) is 16.8. The Balaban J connectivity index is 1.84. The Hall–Kier alpha value is -2.24. The minimum Gasteiger partial charge on any atom is -0.484 e. The molecule has 1 aromatic rings. The van der Waals surface area contributed by atoms with E-state index >= 15 is 0 Å². The maximum Gasteiger partial charge on any atom is 0.255 e. The largest absolute Gasteiger partial charge is 0.484 e. The van der Waals surface area contributed by atoms with E-state index in [9.17, 15) is 4.79 Å². The number of hydrogen-bond acceptors (Lipinski definition) is 3. The van der Waals surface area contributed by atoms with Crippen molar-refractivity contribution >= 4 is 11.9 Å². The molecule has 1 saturated carbocycles. The molecule has 0 aliphatic heterocycles. The van der Waals surface area contributed by atoms with Crippen molar-refractivity contribution in [1.29, 1.82) is 0 Å². The smallest absolute Gasteiger partial charge is 0.255 e. The fourth-order valence-corrected chi connectivity index (χ4v) is 3.70. The van der Waals surface area contributed by atoms with Gasteiger partial charge in [0.25, 0.3) is 5.91 Å². The molecule has 0 spiro atoms. The minimum absolute atomic E-state index is 0.114. The molecule has 27 heavy (non-hydrogen) atoms. The number of carbonyl (C=O) groups excluding carboxylic acids is 1. The van der Waals surface area contributed by atoms with Gasteiger partial charge in [-0.3, -0.25) is 9.79 Å². The lowest BCUT2D eigenvalue weighted by Gasteiger charge is -2.32. The number of benzene rings is 1. The van der Waals surface area contributed by atoms with Gasteiger partial charge in [0.1, 0.15) is 5.75 Å². The third-order valence-electron chi connectivity index (χ3n) is 5.51. The highest BCUT2D eigenvalue weighted by Crippen LogP contribution is 2.31. The Morgan fingerprint density at radius 3 is 2.70 bits per heavy atom. The van der Waals surface area contributed by atoms with Crippen LogP contribution >= 0.6 is 0 Å². The van der Waals surface area contributed by atoms with Crippen molar-refractivity contribution in [1.82, 2.24) is 10.6 Å². The molecule has 0 aromatic heterocycles. The van der Waals surface area contributed by atoms with E-state index in [-0.39, 0.29) is 6.61 Å². The van der Waals surface area contributed by atoms with Crippen molar-refractivity contribution in [2.45, 2.75) is 58.5 Å². The first-order valence-corrected chi connectivity index (χ1v) is 9.96. The molecule has 1 aliphatic rings. The average molecular weight is 375 g/mol. The monoisotopic (exact) mass is 374 g/mol. The normalized spacial score (nSPS) is 17.8. The number of hydrogen-bond donors (Lipinski definition) is 3. The van der Waals surface area contributed by atoms with Gasteiger partial charge in [0.2, 0.25) is 0 Å². The third-order valence-corrected chi connectivity index (χ3v) is 5.51. The Morgan fingerprint density at radius 1 is 1.30 bits per heavy atom. The molecule has 2 atom stereocenters. The summed E-state index contributed by atoms with van der Waals surface area (Å²) < 4.78 is 5.36. The Labute approximate surface area is 163 Å². The standard InChI is InChI=1S/C21H34N4O2/c1-15(18-9-5-4-6-10-18)16(2)25-21(23-3)24-13-17-8-7-11-19(12-17)27-14-20(22)26/h7-8,11-12,15-16,18H,4-6,9-10,13-14H2,1-3H3,(H2,22,26)(H2,23,24,25). The lowest BCUT2D eigenvalue weighted by Crippen LogP contribution is -2.46. The zero-order valence-electron chi connectivity index (χ0n) is 16.8. The lowest BCUT2D eigenvalue weighted by molar-refractivity contribution is -0.119. The van der Waals surface area contributed by atoms with Gasteiger partial charge in [-0.25, -0.2) is 0 Å². The number of rotatable bonds is 8. The van der Waals surface area contributed by atoms with E-state index in [1.807, 2.05) is 24.3 Å². The minimum atomic E-state index is -0.482. The van der Waals surface area contributed by atoms with E-state index in [4.69, 9.17) is 10.5 Å². The summed E-state index contributed by atoms with van der Waals surface area (Å²) in [5.41, 5.74) is 6.17. The molecule has 1 aliphatic carbocycles. The summed E-state index contributed by atoms with van der Waals surface area (Å²) in [6.45, 7) is 5.10. The Kier molecular flexibility index (Phi) is 8.43. The number of primary amides is 1. The second-order valence-corrected chi connectivity index (χ2v) is 7.52. The molecule has 150 valence electrons. The number of nitrogens with zero attached hydrogens (tertiary/aromatic N) is 1. The maximum absolute atomic E-state index is 10.8. The van der Waals surface area contributed by atoms with Gasteiger partial charge in [-0.15, -0.1) is 0 Å². The molecule has 6 nitrogen and oxygen atoms in total. The van der Waals surface area contributed by atoms with Crippen LogP contribution in [0.4, 0.5) is 0 Å². The number of nitrogens with one attached hydrogen (secondary N) is 2.